The van der Waals surface area contributed by atoms with Crippen LogP contribution in [0.3, 0.4) is 0 Å². The summed E-state index contributed by atoms with van der Waals surface area (Å²) in [6.45, 7) is 5.83. The smallest absolute Gasteiger partial charge is 0.256 e. The number of nitrogens with one attached hydrogen (secondary N) is 1. The van der Waals surface area contributed by atoms with Crippen molar-refractivity contribution in [1.82, 2.24) is 4.90 Å². The number of nitrogens with zero attached hydrogens (tertiary/aromatic N) is 2. The second-order valence-corrected chi connectivity index (χ2v) is 9.54. The van der Waals surface area contributed by atoms with Crippen molar-refractivity contribution >= 4 is 39.1 Å². The van der Waals surface area contributed by atoms with Crippen LogP contribution in [0.2, 0.25) is 0 Å². The van der Waals surface area contributed by atoms with E-state index in [1.807, 2.05) is 41.3 Å². The molecule has 6 heteroatoms. The molecule has 1 N–H and O–H groups in total. The number of carbonyl (C=O) groups is 2. The Bertz CT molecular complexity index is 948. The van der Waals surface area contributed by atoms with E-state index in [-0.39, 0.29) is 11.8 Å². The molecule has 0 aliphatic carbocycles. The van der Waals surface area contributed by atoms with Gasteiger partial charge in [-0.2, -0.15) is 0 Å². The molecule has 5 nitrogen and oxygen atoms in total. The molecule has 0 saturated carbocycles. The Labute approximate surface area is 192 Å². The second-order valence-electron chi connectivity index (χ2n) is 8.69. The van der Waals surface area contributed by atoms with Gasteiger partial charge in [-0.3, -0.25) is 9.59 Å². The molecule has 2 amide bonds. The minimum Gasteiger partial charge on any atom is -0.371 e. The molecule has 164 valence electrons. The zero-order valence-corrected chi connectivity index (χ0v) is 19.7. The minimum absolute atomic E-state index is 0.0744. The van der Waals surface area contributed by atoms with Gasteiger partial charge >= 0.3 is 0 Å². The normalized spacial score (nSPS) is 17.5. The molecule has 0 bridgehead atoms. The number of hydrogen-bond donors (Lipinski definition) is 1. The van der Waals surface area contributed by atoms with E-state index in [2.05, 4.69) is 33.1 Å². The summed E-state index contributed by atoms with van der Waals surface area (Å²) in [4.78, 5) is 30.6. The molecule has 0 aromatic heterocycles. The average molecular weight is 484 g/mol. The summed E-state index contributed by atoms with van der Waals surface area (Å²) < 4.78 is 0.746. The molecule has 2 aliphatic heterocycles. The molecule has 0 unspecified atom stereocenters. The van der Waals surface area contributed by atoms with Crippen molar-refractivity contribution in [1.29, 1.82) is 0 Å². The number of halogens is 1. The molecule has 0 atom stereocenters. The van der Waals surface area contributed by atoms with Crippen molar-refractivity contribution in [3.05, 3.63) is 58.1 Å². The highest BCUT2D eigenvalue weighted by Crippen LogP contribution is 2.30. The lowest BCUT2D eigenvalue weighted by molar-refractivity contribution is 0.0724. The van der Waals surface area contributed by atoms with Gasteiger partial charge in [0, 0.05) is 42.0 Å². The average Bonchev–Trinajstić information content (AvgIpc) is 2.80. The Kier molecular flexibility index (Phi) is 6.96. The van der Waals surface area contributed by atoms with Crippen LogP contribution in [0.5, 0.6) is 0 Å². The summed E-state index contributed by atoms with van der Waals surface area (Å²) >= 11 is 3.44. The Morgan fingerprint density at radius 1 is 0.935 bits per heavy atom. The quantitative estimate of drug-likeness (QED) is 0.618. The van der Waals surface area contributed by atoms with Gasteiger partial charge in [-0.05, 0) is 84.3 Å². The Morgan fingerprint density at radius 3 is 2.35 bits per heavy atom. The lowest BCUT2D eigenvalue weighted by atomic mass is 9.97. The van der Waals surface area contributed by atoms with Crippen LogP contribution in [-0.2, 0) is 0 Å². The standard InChI is InChI=1S/C25H30BrN3O2/c1-18-11-15-28(16-12-18)23-10-9-19(27-24(30)20-7-3-4-8-22(20)26)17-21(23)25(31)29-13-5-2-6-14-29/h3-4,7-10,17-18H,2,5-6,11-16H2,1H3,(H,27,30). The molecule has 2 heterocycles. The van der Waals surface area contributed by atoms with E-state index in [4.69, 9.17) is 0 Å². The fourth-order valence-electron chi connectivity index (χ4n) is 4.42. The Hall–Kier alpha value is -2.34. The van der Waals surface area contributed by atoms with Crippen molar-refractivity contribution in [3.63, 3.8) is 0 Å². The van der Waals surface area contributed by atoms with E-state index in [0.717, 1.165) is 67.9 Å². The van der Waals surface area contributed by atoms with Crippen LogP contribution in [0.4, 0.5) is 11.4 Å². The number of anilines is 2. The third kappa shape index (κ3) is 5.12. The largest absolute Gasteiger partial charge is 0.371 e. The van der Waals surface area contributed by atoms with Gasteiger partial charge in [0.25, 0.3) is 11.8 Å². The number of benzene rings is 2. The predicted molar refractivity (Wildman–Crippen MR) is 129 cm³/mol. The number of hydrogen-bond acceptors (Lipinski definition) is 3. The summed E-state index contributed by atoms with van der Waals surface area (Å²) in [5.74, 6) is 0.606. The maximum atomic E-state index is 13.5. The van der Waals surface area contributed by atoms with Gasteiger partial charge in [0.15, 0.2) is 0 Å². The van der Waals surface area contributed by atoms with Crippen LogP contribution in [0.1, 0.15) is 59.7 Å². The van der Waals surface area contributed by atoms with Crippen molar-refractivity contribution < 1.29 is 9.59 Å². The Morgan fingerprint density at radius 2 is 1.65 bits per heavy atom. The van der Waals surface area contributed by atoms with Crippen LogP contribution in [0.15, 0.2) is 46.9 Å². The molecular weight excluding hydrogens is 454 g/mol. The third-order valence-corrected chi connectivity index (χ3v) is 7.06. The highest BCUT2D eigenvalue weighted by molar-refractivity contribution is 9.10. The molecule has 31 heavy (non-hydrogen) atoms. The Balaban J connectivity index is 1.62. The highest BCUT2D eigenvalue weighted by atomic mass is 79.9. The van der Waals surface area contributed by atoms with Gasteiger partial charge in [-0.1, -0.05) is 19.1 Å². The number of likely N-dealkylation sites (tertiary alicyclic amines) is 1. The van der Waals surface area contributed by atoms with Gasteiger partial charge in [0.05, 0.1) is 11.1 Å². The van der Waals surface area contributed by atoms with E-state index >= 15 is 0 Å². The van der Waals surface area contributed by atoms with E-state index in [1.54, 1.807) is 6.07 Å². The SMILES string of the molecule is CC1CCN(c2ccc(NC(=O)c3ccccc3Br)cc2C(=O)N2CCCCC2)CC1. The van der Waals surface area contributed by atoms with Gasteiger partial charge in [-0.15, -0.1) is 0 Å². The topological polar surface area (TPSA) is 52.7 Å². The van der Waals surface area contributed by atoms with Crippen molar-refractivity contribution in [2.45, 2.75) is 39.0 Å². The van der Waals surface area contributed by atoms with Gasteiger partial charge in [-0.25, -0.2) is 0 Å². The number of piperidine rings is 2. The third-order valence-electron chi connectivity index (χ3n) is 6.37. The first-order chi connectivity index (χ1) is 15.0. The molecule has 0 radical (unpaired) electrons. The molecule has 2 saturated heterocycles. The van der Waals surface area contributed by atoms with Crippen LogP contribution >= 0.6 is 15.9 Å². The van der Waals surface area contributed by atoms with Gasteiger partial charge in [0.1, 0.15) is 0 Å². The maximum absolute atomic E-state index is 13.5. The summed E-state index contributed by atoms with van der Waals surface area (Å²) in [7, 11) is 0. The van der Waals surface area contributed by atoms with Crippen molar-refractivity contribution in [2.24, 2.45) is 5.92 Å². The van der Waals surface area contributed by atoms with E-state index in [9.17, 15) is 9.59 Å². The van der Waals surface area contributed by atoms with Crippen LogP contribution in [-0.4, -0.2) is 42.9 Å². The lowest BCUT2D eigenvalue weighted by Gasteiger charge is -2.35. The predicted octanol–water partition coefficient (Wildman–Crippen LogP) is 5.56. The zero-order valence-electron chi connectivity index (χ0n) is 18.1. The van der Waals surface area contributed by atoms with Gasteiger partial charge in [0.2, 0.25) is 0 Å². The van der Waals surface area contributed by atoms with Crippen LogP contribution in [0, 0.1) is 5.92 Å². The maximum Gasteiger partial charge on any atom is 0.256 e. The van der Waals surface area contributed by atoms with Crippen molar-refractivity contribution in [3.8, 4) is 0 Å². The van der Waals surface area contributed by atoms with E-state index in [0.29, 0.717) is 16.8 Å². The van der Waals surface area contributed by atoms with Crippen LogP contribution < -0.4 is 10.2 Å². The molecule has 2 aromatic rings. The molecule has 0 spiro atoms. The fourth-order valence-corrected chi connectivity index (χ4v) is 4.89. The first kappa shape index (κ1) is 21.9. The lowest BCUT2D eigenvalue weighted by Crippen LogP contribution is -2.38. The van der Waals surface area contributed by atoms with Gasteiger partial charge < -0.3 is 15.1 Å². The summed E-state index contributed by atoms with van der Waals surface area (Å²) in [5.41, 5.74) is 2.90. The van der Waals surface area contributed by atoms with E-state index < -0.39 is 0 Å². The molecule has 2 fully saturated rings. The second kappa shape index (κ2) is 9.86. The first-order valence-electron chi connectivity index (χ1n) is 11.3. The fraction of sp³-hybridized carbons (Fsp3) is 0.440. The summed E-state index contributed by atoms with van der Waals surface area (Å²) in [6, 6.07) is 13.1. The van der Waals surface area contributed by atoms with Crippen LogP contribution in [0.25, 0.3) is 0 Å². The summed E-state index contributed by atoms with van der Waals surface area (Å²) in [6.07, 6.45) is 5.57. The monoisotopic (exact) mass is 483 g/mol. The molecule has 4 rings (SSSR count). The van der Waals surface area contributed by atoms with E-state index in [1.165, 1.54) is 6.42 Å². The molecule has 2 aromatic carbocycles. The number of carbonyl (C=O) groups excluding carboxylic acids is 2. The zero-order chi connectivity index (χ0) is 21.8. The molecule has 2 aliphatic rings. The summed E-state index contributed by atoms with van der Waals surface area (Å²) in [5, 5.41) is 2.98. The van der Waals surface area contributed by atoms with Crippen molar-refractivity contribution in [2.75, 3.05) is 36.4 Å². The molecular formula is C25H30BrN3O2. The number of amides is 2. The first-order valence-corrected chi connectivity index (χ1v) is 12.1. The highest BCUT2D eigenvalue weighted by Gasteiger charge is 2.25. The minimum atomic E-state index is -0.191. The number of rotatable bonds is 4.